The molecule has 2 aromatic heterocycles. The van der Waals surface area contributed by atoms with Gasteiger partial charge in [0.15, 0.2) is 5.17 Å². The molecular weight excluding hydrogens is 411 g/mol. The minimum atomic E-state index is -0.769. The molecule has 0 saturated heterocycles. The fourth-order valence-electron chi connectivity index (χ4n) is 3.00. The van der Waals surface area contributed by atoms with Crippen LogP contribution in [0.25, 0.3) is 10.7 Å². The zero-order valence-corrected chi connectivity index (χ0v) is 17.1. The van der Waals surface area contributed by atoms with Crippen LogP contribution >= 0.6 is 23.1 Å². The molecule has 0 aliphatic carbocycles. The van der Waals surface area contributed by atoms with Crippen molar-refractivity contribution in [2.45, 2.75) is 18.9 Å². The molecule has 29 heavy (non-hydrogen) atoms. The highest BCUT2D eigenvalue weighted by atomic mass is 32.2. The number of carbonyl (C=O) groups is 1. The van der Waals surface area contributed by atoms with Gasteiger partial charge in [-0.05, 0) is 31.5 Å². The summed E-state index contributed by atoms with van der Waals surface area (Å²) in [6, 6.07) is 4.42. The molecule has 3 N–H and O–H groups in total. The SMILES string of the molecule is C[C@@]1(c2cc(NC(=O)c3cnc(-c4nccs4)cn3)ccc2F)CCSC(N)=N1. The van der Waals surface area contributed by atoms with Gasteiger partial charge < -0.3 is 11.1 Å². The van der Waals surface area contributed by atoms with Gasteiger partial charge in [-0.25, -0.2) is 19.3 Å². The number of rotatable bonds is 4. The monoisotopic (exact) mass is 428 g/mol. The van der Waals surface area contributed by atoms with Gasteiger partial charge >= 0.3 is 0 Å². The van der Waals surface area contributed by atoms with E-state index < -0.39 is 11.4 Å². The maximum atomic E-state index is 14.5. The molecule has 1 aromatic carbocycles. The minimum Gasteiger partial charge on any atom is -0.379 e. The van der Waals surface area contributed by atoms with E-state index in [-0.39, 0.29) is 11.5 Å². The zero-order valence-electron chi connectivity index (χ0n) is 15.4. The highest BCUT2D eigenvalue weighted by molar-refractivity contribution is 8.13. The van der Waals surface area contributed by atoms with Gasteiger partial charge in [0, 0.05) is 28.6 Å². The van der Waals surface area contributed by atoms with Gasteiger partial charge in [0.05, 0.1) is 17.9 Å². The number of hydrogen-bond acceptors (Lipinski definition) is 8. The Morgan fingerprint density at radius 3 is 2.83 bits per heavy atom. The number of nitrogens with zero attached hydrogens (tertiary/aromatic N) is 4. The summed E-state index contributed by atoms with van der Waals surface area (Å²) in [6.07, 6.45) is 5.22. The van der Waals surface area contributed by atoms with Gasteiger partial charge in [-0.1, -0.05) is 11.8 Å². The standard InChI is InChI=1S/C19H17FN6OS2/c1-19(4-6-29-18(21)26-19)12-8-11(2-3-13(12)20)25-16(27)14-9-24-15(10-23-14)17-22-5-7-28-17/h2-3,5,7-10H,4,6H2,1H3,(H2,21,26)(H,25,27)/t19-/m0/s1. The van der Waals surface area contributed by atoms with E-state index in [4.69, 9.17) is 5.73 Å². The molecule has 1 atom stereocenters. The van der Waals surface area contributed by atoms with E-state index in [0.29, 0.717) is 28.5 Å². The van der Waals surface area contributed by atoms with E-state index in [9.17, 15) is 9.18 Å². The third-order valence-electron chi connectivity index (χ3n) is 4.54. The summed E-state index contributed by atoms with van der Waals surface area (Å²) >= 11 is 2.89. The van der Waals surface area contributed by atoms with Gasteiger partial charge in [0.25, 0.3) is 5.91 Å². The molecule has 1 amide bonds. The van der Waals surface area contributed by atoms with E-state index in [1.807, 2.05) is 12.3 Å². The smallest absolute Gasteiger partial charge is 0.275 e. The first kappa shape index (κ1) is 19.5. The quantitative estimate of drug-likeness (QED) is 0.657. The molecule has 0 spiro atoms. The van der Waals surface area contributed by atoms with E-state index >= 15 is 0 Å². The van der Waals surface area contributed by atoms with Crippen molar-refractivity contribution in [3.63, 3.8) is 0 Å². The molecule has 1 aliphatic rings. The summed E-state index contributed by atoms with van der Waals surface area (Å²) in [6.45, 7) is 1.84. The fourth-order valence-corrected chi connectivity index (χ4v) is 4.57. The molecule has 0 radical (unpaired) electrons. The Kier molecular flexibility index (Phi) is 5.29. The maximum absolute atomic E-state index is 14.5. The van der Waals surface area contributed by atoms with E-state index in [1.165, 1.54) is 47.6 Å². The first-order valence-corrected chi connectivity index (χ1v) is 10.6. The number of hydrogen-bond donors (Lipinski definition) is 2. The summed E-state index contributed by atoms with van der Waals surface area (Å²) in [5.41, 5.74) is 6.66. The third kappa shape index (κ3) is 4.13. The number of aliphatic imine (C=N–C) groups is 1. The predicted octanol–water partition coefficient (Wildman–Crippen LogP) is 3.66. The summed E-state index contributed by atoms with van der Waals surface area (Å²) in [5, 5.41) is 5.74. The lowest BCUT2D eigenvalue weighted by Gasteiger charge is -2.30. The van der Waals surface area contributed by atoms with Crippen LogP contribution in [0.1, 0.15) is 29.4 Å². The van der Waals surface area contributed by atoms with Crippen LogP contribution in [0.5, 0.6) is 0 Å². The van der Waals surface area contributed by atoms with Crippen LogP contribution in [0.15, 0.2) is 47.2 Å². The predicted molar refractivity (Wildman–Crippen MR) is 114 cm³/mol. The number of amidine groups is 1. The van der Waals surface area contributed by atoms with Crippen LogP contribution < -0.4 is 11.1 Å². The Hall–Kier alpha value is -2.85. The second-order valence-electron chi connectivity index (χ2n) is 6.60. The number of amides is 1. The molecule has 10 heteroatoms. The van der Waals surface area contributed by atoms with Crippen LogP contribution in [0.4, 0.5) is 10.1 Å². The van der Waals surface area contributed by atoms with Crippen molar-refractivity contribution in [2.75, 3.05) is 11.1 Å². The van der Waals surface area contributed by atoms with Crippen molar-refractivity contribution in [3.05, 3.63) is 59.2 Å². The second-order valence-corrected chi connectivity index (χ2v) is 8.61. The number of thiazole rings is 1. The maximum Gasteiger partial charge on any atom is 0.275 e. The van der Waals surface area contributed by atoms with Gasteiger partial charge in [-0.15, -0.1) is 11.3 Å². The normalized spacial score (nSPS) is 18.9. The number of aromatic nitrogens is 3. The highest BCUT2D eigenvalue weighted by Crippen LogP contribution is 2.37. The van der Waals surface area contributed by atoms with Crippen LogP contribution in [0, 0.1) is 5.82 Å². The van der Waals surface area contributed by atoms with Crippen molar-refractivity contribution in [1.82, 2.24) is 15.0 Å². The molecule has 0 saturated carbocycles. The van der Waals surface area contributed by atoms with E-state index in [2.05, 4.69) is 25.3 Å². The summed E-state index contributed by atoms with van der Waals surface area (Å²) in [7, 11) is 0. The number of thioether (sulfide) groups is 1. The second kappa shape index (κ2) is 7.88. The number of halogens is 1. The molecule has 3 aromatic rings. The molecule has 0 fully saturated rings. The van der Waals surface area contributed by atoms with Gasteiger partial charge in [0.1, 0.15) is 22.2 Å². The molecular formula is C19H17FN6OS2. The molecule has 7 nitrogen and oxygen atoms in total. The molecule has 3 heterocycles. The van der Waals surface area contributed by atoms with Crippen LogP contribution in [-0.2, 0) is 5.54 Å². The lowest BCUT2D eigenvalue weighted by atomic mass is 9.89. The Morgan fingerprint density at radius 1 is 1.28 bits per heavy atom. The van der Waals surface area contributed by atoms with Crippen LogP contribution in [-0.4, -0.2) is 31.8 Å². The zero-order chi connectivity index (χ0) is 20.4. The molecule has 1 aliphatic heterocycles. The van der Waals surface area contributed by atoms with Gasteiger partial charge in [0.2, 0.25) is 0 Å². The van der Waals surface area contributed by atoms with Gasteiger partial charge in [-0.2, -0.15) is 0 Å². The molecule has 4 rings (SSSR count). The highest BCUT2D eigenvalue weighted by Gasteiger charge is 2.32. The first-order valence-electron chi connectivity index (χ1n) is 8.76. The summed E-state index contributed by atoms with van der Waals surface area (Å²) in [5.74, 6) is -0.0715. The Bertz CT molecular complexity index is 1070. The largest absolute Gasteiger partial charge is 0.379 e. The molecule has 0 unspecified atom stereocenters. The number of nitrogens with one attached hydrogen (secondary N) is 1. The number of nitrogens with two attached hydrogens (primary N) is 1. The Labute approximate surface area is 174 Å². The van der Waals surface area contributed by atoms with Crippen LogP contribution in [0.2, 0.25) is 0 Å². The Morgan fingerprint density at radius 2 is 2.14 bits per heavy atom. The topological polar surface area (TPSA) is 106 Å². The fraction of sp³-hybridized carbons (Fsp3) is 0.211. The average Bonchev–Trinajstić information content (AvgIpc) is 3.24. The van der Waals surface area contributed by atoms with E-state index in [1.54, 1.807) is 12.3 Å². The third-order valence-corrected chi connectivity index (χ3v) is 6.13. The Balaban J connectivity index is 1.55. The molecule has 148 valence electrons. The average molecular weight is 429 g/mol. The lowest BCUT2D eigenvalue weighted by Crippen LogP contribution is -2.29. The number of carbonyl (C=O) groups excluding carboxylic acids is 1. The van der Waals surface area contributed by atoms with Gasteiger partial charge in [-0.3, -0.25) is 9.79 Å². The summed E-state index contributed by atoms with van der Waals surface area (Å²) < 4.78 is 14.5. The minimum absolute atomic E-state index is 0.152. The first-order chi connectivity index (χ1) is 13.9. The van der Waals surface area contributed by atoms with Crippen molar-refractivity contribution in [1.29, 1.82) is 0 Å². The lowest BCUT2D eigenvalue weighted by molar-refractivity contribution is 0.102. The number of benzene rings is 1. The molecule has 0 bridgehead atoms. The van der Waals surface area contributed by atoms with Crippen molar-refractivity contribution < 1.29 is 9.18 Å². The van der Waals surface area contributed by atoms with Crippen molar-refractivity contribution >= 4 is 39.9 Å². The van der Waals surface area contributed by atoms with Crippen molar-refractivity contribution in [2.24, 2.45) is 10.7 Å². The van der Waals surface area contributed by atoms with Crippen molar-refractivity contribution in [3.8, 4) is 10.7 Å². The van der Waals surface area contributed by atoms with Crippen LogP contribution in [0.3, 0.4) is 0 Å². The summed E-state index contributed by atoms with van der Waals surface area (Å²) in [4.78, 5) is 29.5. The number of anilines is 1. The van der Waals surface area contributed by atoms with E-state index in [0.717, 1.165) is 10.8 Å².